The summed E-state index contributed by atoms with van der Waals surface area (Å²) >= 11 is 0. The number of hydrogen-bond acceptors (Lipinski definition) is 6. The molecule has 0 spiro atoms. The number of ether oxygens (including phenoxy) is 3. The van der Waals surface area contributed by atoms with Crippen molar-refractivity contribution in [3.63, 3.8) is 0 Å². The minimum atomic E-state index is -0.557. The predicted molar refractivity (Wildman–Crippen MR) is 129 cm³/mol. The van der Waals surface area contributed by atoms with Crippen molar-refractivity contribution < 1.29 is 23.8 Å². The molecule has 0 bridgehead atoms. The Bertz CT molecular complexity index is 1120. The lowest BCUT2D eigenvalue weighted by molar-refractivity contribution is -0.140. The van der Waals surface area contributed by atoms with Gasteiger partial charge in [0.1, 0.15) is 12.4 Å². The zero-order valence-corrected chi connectivity index (χ0v) is 19.9. The van der Waals surface area contributed by atoms with Gasteiger partial charge in [-0.3, -0.25) is 4.79 Å². The Balaban J connectivity index is 1.79. The van der Waals surface area contributed by atoms with Crippen LogP contribution in [0.25, 0.3) is 0 Å². The van der Waals surface area contributed by atoms with Crippen molar-refractivity contribution in [3.05, 3.63) is 88.3 Å². The smallest absolute Gasteiger partial charge is 0.336 e. The second-order valence-corrected chi connectivity index (χ2v) is 8.53. The largest absolute Gasteiger partial charge is 0.494 e. The lowest BCUT2D eigenvalue weighted by Crippen LogP contribution is -2.36. The second-order valence-electron chi connectivity index (χ2n) is 8.53. The summed E-state index contributed by atoms with van der Waals surface area (Å²) in [6.07, 6.45) is 1.09. The number of esters is 1. The number of dihydropyridines is 1. The van der Waals surface area contributed by atoms with Gasteiger partial charge in [-0.1, -0.05) is 48.5 Å². The van der Waals surface area contributed by atoms with E-state index in [-0.39, 0.29) is 18.3 Å². The van der Waals surface area contributed by atoms with E-state index < -0.39 is 11.9 Å². The highest BCUT2D eigenvalue weighted by Crippen LogP contribution is 2.47. The Morgan fingerprint density at radius 3 is 2.50 bits per heavy atom. The fourth-order valence-corrected chi connectivity index (χ4v) is 4.88. The highest BCUT2D eigenvalue weighted by atomic mass is 16.6. The molecule has 2 aliphatic rings. The van der Waals surface area contributed by atoms with Crippen LogP contribution in [-0.4, -0.2) is 38.7 Å². The number of benzene rings is 2. The zero-order chi connectivity index (χ0) is 24.1. The van der Waals surface area contributed by atoms with E-state index in [0.29, 0.717) is 48.6 Å². The molecular formula is C28H31NO5. The van der Waals surface area contributed by atoms with Crippen LogP contribution in [0.3, 0.4) is 0 Å². The number of rotatable bonds is 8. The summed E-state index contributed by atoms with van der Waals surface area (Å²) in [6.45, 7) is 4.71. The number of Topliss-reactive ketones (excluding diaryl/α,β-unsaturated/α-hetero) is 1. The third kappa shape index (κ3) is 4.77. The quantitative estimate of drug-likeness (QED) is 0.456. The van der Waals surface area contributed by atoms with Crippen molar-refractivity contribution in [2.75, 3.05) is 26.9 Å². The van der Waals surface area contributed by atoms with E-state index in [4.69, 9.17) is 14.2 Å². The van der Waals surface area contributed by atoms with Crippen molar-refractivity contribution in [1.29, 1.82) is 0 Å². The maximum atomic E-state index is 13.7. The molecule has 1 aliphatic heterocycles. The monoisotopic (exact) mass is 461 g/mol. The van der Waals surface area contributed by atoms with Gasteiger partial charge in [-0.2, -0.15) is 0 Å². The van der Waals surface area contributed by atoms with E-state index in [0.717, 1.165) is 16.8 Å². The molecule has 0 radical (unpaired) electrons. The first-order valence-electron chi connectivity index (χ1n) is 11.7. The topological polar surface area (TPSA) is 73.9 Å². The number of hydrogen-bond donors (Lipinski definition) is 1. The van der Waals surface area contributed by atoms with Crippen LogP contribution in [0, 0.1) is 0 Å². The Labute approximate surface area is 200 Å². The summed E-state index contributed by atoms with van der Waals surface area (Å²) in [4.78, 5) is 26.9. The zero-order valence-electron chi connectivity index (χ0n) is 19.9. The van der Waals surface area contributed by atoms with Gasteiger partial charge in [-0.05, 0) is 37.8 Å². The van der Waals surface area contributed by atoms with Crippen LogP contribution in [0.15, 0.2) is 77.1 Å². The molecular weight excluding hydrogens is 430 g/mol. The molecule has 4 rings (SSSR count). The normalized spacial score (nSPS) is 20.0. The summed E-state index contributed by atoms with van der Waals surface area (Å²) in [7, 11) is 1.56. The Kier molecular flexibility index (Phi) is 7.48. The average Bonchev–Trinajstić information content (AvgIpc) is 2.84. The van der Waals surface area contributed by atoms with Crippen LogP contribution in [0.1, 0.15) is 49.7 Å². The van der Waals surface area contributed by atoms with Crippen molar-refractivity contribution >= 4 is 11.8 Å². The third-order valence-electron chi connectivity index (χ3n) is 6.37. The van der Waals surface area contributed by atoms with Crippen molar-refractivity contribution in [1.82, 2.24) is 5.32 Å². The molecule has 6 nitrogen and oxygen atoms in total. The standard InChI is InChI=1S/C28H31NO5/c1-4-33-24-13-9-8-12-21(24)26-25(28(31)34-15-14-32-3)18(2)29-22-16-20(17-23(30)27(22)26)19-10-6-5-7-11-19/h5-13,20,26,29H,4,14-17H2,1-3H3/t20-,26+/m1/s1. The summed E-state index contributed by atoms with van der Waals surface area (Å²) in [5, 5.41) is 3.39. The molecule has 1 N–H and O–H groups in total. The number of ketones is 1. The molecule has 178 valence electrons. The van der Waals surface area contributed by atoms with Crippen LogP contribution in [0.4, 0.5) is 0 Å². The SMILES string of the molecule is CCOc1ccccc1[C@H]1C(C(=O)OCCOC)=C(C)NC2=C1C(=O)C[C@H](c1ccccc1)C2. The summed E-state index contributed by atoms with van der Waals surface area (Å²) in [6, 6.07) is 17.7. The summed E-state index contributed by atoms with van der Waals surface area (Å²) in [5.74, 6) is -0.225. The van der Waals surface area contributed by atoms with Gasteiger partial charge in [0, 0.05) is 36.1 Å². The molecule has 0 saturated carbocycles. The van der Waals surface area contributed by atoms with Crippen LogP contribution in [0.2, 0.25) is 0 Å². The van der Waals surface area contributed by atoms with E-state index in [9.17, 15) is 9.59 Å². The molecule has 0 fully saturated rings. The third-order valence-corrected chi connectivity index (χ3v) is 6.37. The van der Waals surface area contributed by atoms with Gasteiger partial charge in [-0.25, -0.2) is 4.79 Å². The Morgan fingerprint density at radius 2 is 1.76 bits per heavy atom. The van der Waals surface area contributed by atoms with E-state index in [1.54, 1.807) is 7.11 Å². The van der Waals surface area contributed by atoms with E-state index in [2.05, 4.69) is 17.4 Å². The maximum Gasteiger partial charge on any atom is 0.336 e. The lowest BCUT2D eigenvalue weighted by Gasteiger charge is -2.37. The molecule has 0 aromatic heterocycles. The molecule has 0 amide bonds. The van der Waals surface area contributed by atoms with E-state index >= 15 is 0 Å². The van der Waals surface area contributed by atoms with Crippen LogP contribution < -0.4 is 10.1 Å². The number of carbonyl (C=O) groups excluding carboxylic acids is 2. The highest BCUT2D eigenvalue weighted by molar-refractivity contribution is 6.04. The number of methoxy groups -OCH3 is 1. The van der Waals surface area contributed by atoms with Gasteiger partial charge in [-0.15, -0.1) is 0 Å². The highest BCUT2D eigenvalue weighted by Gasteiger charge is 2.42. The Hall–Kier alpha value is -3.38. The minimum absolute atomic E-state index is 0.0357. The first-order valence-corrected chi connectivity index (χ1v) is 11.7. The van der Waals surface area contributed by atoms with Crippen LogP contribution >= 0.6 is 0 Å². The van der Waals surface area contributed by atoms with Crippen molar-refractivity contribution in [3.8, 4) is 5.75 Å². The maximum absolute atomic E-state index is 13.7. The summed E-state index contributed by atoms with van der Waals surface area (Å²) < 4.78 is 16.5. The molecule has 2 aromatic carbocycles. The molecule has 0 unspecified atom stereocenters. The molecule has 2 atom stereocenters. The first kappa shape index (κ1) is 23.8. The van der Waals surface area contributed by atoms with E-state index in [1.807, 2.05) is 56.3 Å². The molecule has 1 heterocycles. The molecule has 2 aromatic rings. The lowest BCUT2D eigenvalue weighted by atomic mass is 9.71. The van der Waals surface area contributed by atoms with Crippen LogP contribution in [0.5, 0.6) is 5.75 Å². The van der Waals surface area contributed by atoms with Gasteiger partial charge in [0.15, 0.2) is 5.78 Å². The van der Waals surface area contributed by atoms with Gasteiger partial charge in [0.05, 0.1) is 24.7 Å². The Morgan fingerprint density at radius 1 is 1.03 bits per heavy atom. The second kappa shape index (κ2) is 10.7. The van der Waals surface area contributed by atoms with Crippen molar-refractivity contribution in [2.24, 2.45) is 0 Å². The van der Waals surface area contributed by atoms with Gasteiger partial charge in [0.2, 0.25) is 0 Å². The molecule has 1 aliphatic carbocycles. The molecule has 34 heavy (non-hydrogen) atoms. The summed E-state index contributed by atoms with van der Waals surface area (Å²) in [5.41, 5.74) is 4.56. The number of para-hydroxylation sites is 1. The number of carbonyl (C=O) groups is 2. The molecule has 6 heteroatoms. The number of nitrogens with one attached hydrogen (secondary N) is 1. The van der Waals surface area contributed by atoms with Crippen LogP contribution in [-0.2, 0) is 19.1 Å². The van der Waals surface area contributed by atoms with Gasteiger partial charge >= 0.3 is 5.97 Å². The predicted octanol–water partition coefficient (Wildman–Crippen LogP) is 4.64. The average molecular weight is 462 g/mol. The van der Waals surface area contributed by atoms with E-state index in [1.165, 1.54) is 0 Å². The first-order chi connectivity index (χ1) is 16.5. The fourth-order valence-electron chi connectivity index (χ4n) is 4.88. The fraction of sp³-hybridized carbons (Fsp3) is 0.357. The molecule has 0 saturated heterocycles. The van der Waals surface area contributed by atoms with Gasteiger partial charge in [0.25, 0.3) is 0 Å². The minimum Gasteiger partial charge on any atom is -0.494 e. The van der Waals surface area contributed by atoms with Crippen molar-refractivity contribution in [2.45, 2.75) is 38.5 Å². The van der Waals surface area contributed by atoms with Gasteiger partial charge < -0.3 is 19.5 Å². The number of allylic oxidation sites excluding steroid dienone is 3.